The molecular weight excluding hydrogens is 613 g/mol. The van der Waals surface area contributed by atoms with Crippen LogP contribution in [-0.2, 0) is 0 Å². The molecule has 234 valence electrons. The van der Waals surface area contributed by atoms with E-state index in [1.165, 1.54) is 10.8 Å². The zero-order valence-electron chi connectivity index (χ0n) is 26.9. The van der Waals surface area contributed by atoms with E-state index < -0.39 is 0 Å². The fourth-order valence-electron chi connectivity index (χ4n) is 8.05. The first-order valence-corrected chi connectivity index (χ1v) is 16.9. The van der Waals surface area contributed by atoms with Gasteiger partial charge in [-0.2, -0.15) is 0 Å². The number of hydrogen-bond donors (Lipinski definition) is 0. The van der Waals surface area contributed by atoms with E-state index in [0.29, 0.717) is 0 Å². The molecule has 0 unspecified atom stereocenters. The molecule has 0 aliphatic heterocycles. The molecule has 0 atom stereocenters. The van der Waals surface area contributed by atoms with Crippen molar-refractivity contribution in [3.8, 4) is 5.69 Å². The lowest BCUT2D eigenvalue weighted by Crippen LogP contribution is -2.12. The molecular formula is C46H28N2O2. The second-order valence-corrected chi connectivity index (χ2v) is 12.9. The van der Waals surface area contributed by atoms with E-state index in [2.05, 4.69) is 155 Å². The monoisotopic (exact) mass is 640 g/mol. The van der Waals surface area contributed by atoms with Gasteiger partial charge in [0.1, 0.15) is 22.3 Å². The van der Waals surface area contributed by atoms with Crippen LogP contribution in [-0.4, -0.2) is 4.57 Å². The summed E-state index contributed by atoms with van der Waals surface area (Å²) in [4.78, 5) is 2.42. The minimum Gasteiger partial charge on any atom is -0.456 e. The average Bonchev–Trinajstić information content (AvgIpc) is 3.86. The lowest BCUT2D eigenvalue weighted by atomic mass is 10.0. The van der Waals surface area contributed by atoms with Gasteiger partial charge in [-0.1, -0.05) is 103 Å². The molecule has 3 aromatic heterocycles. The number of benzene rings is 8. The van der Waals surface area contributed by atoms with Crippen LogP contribution in [0.2, 0.25) is 0 Å². The number of nitrogens with zero attached hydrogens (tertiary/aromatic N) is 2. The van der Waals surface area contributed by atoms with Crippen LogP contribution in [0.15, 0.2) is 179 Å². The normalized spacial score (nSPS) is 12.0. The number of fused-ring (bicyclic) bond motifs is 11. The largest absolute Gasteiger partial charge is 0.456 e. The van der Waals surface area contributed by atoms with Crippen molar-refractivity contribution in [3.63, 3.8) is 0 Å². The second kappa shape index (κ2) is 10.4. The molecule has 0 bridgehead atoms. The summed E-state index contributed by atoms with van der Waals surface area (Å²) in [6.07, 6.45) is 0. The minimum atomic E-state index is 0.855. The Morgan fingerprint density at radius 2 is 1.00 bits per heavy atom. The molecule has 0 spiro atoms. The average molecular weight is 641 g/mol. The SMILES string of the molecule is c1ccc(-n2c3ccccc3c3cccc(N(c4ccc5ccc6oc7ccccc7c6c5c4)c4cccc5oc6ccccc6c45)c32)cc1. The van der Waals surface area contributed by atoms with Gasteiger partial charge in [0, 0.05) is 38.3 Å². The Morgan fingerprint density at radius 3 is 1.82 bits per heavy atom. The third kappa shape index (κ3) is 3.81. The van der Waals surface area contributed by atoms with Crippen molar-refractivity contribution in [3.05, 3.63) is 170 Å². The topological polar surface area (TPSA) is 34.5 Å². The maximum atomic E-state index is 6.46. The summed E-state index contributed by atoms with van der Waals surface area (Å²) in [5.74, 6) is 0. The van der Waals surface area contributed by atoms with Gasteiger partial charge < -0.3 is 18.3 Å². The van der Waals surface area contributed by atoms with E-state index in [1.54, 1.807) is 0 Å². The highest BCUT2D eigenvalue weighted by molar-refractivity contribution is 6.21. The van der Waals surface area contributed by atoms with Crippen molar-refractivity contribution < 1.29 is 8.83 Å². The fraction of sp³-hybridized carbons (Fsp3) is 0. The lowest BCUT2D eigenvalue weighted by Gasteiger charge is -2.28. The Balaban J connectivity index is 1.30. The molecule has 11 aromatic rings. The van der Waals surface area contributed by atoms with Gasteiger partial charge in [-0.3, -0.25) is 0 Å². The highest BCUT2D eigenvalue weighted by Crippen LogP contribution is 2.48. The predicted molar refractivity (Wildman–Crippen MR) is 208 cm³/mol. The first-order valence-electron chi connectivity index (χ1n) is 16.9. The molecule has 3 heterocycles. The number of anilines is 3. The Morgan fingerprint density at radius 1 is 0.400 bits per heavy atom. The first-order chi connectivity index (χ1) is 24.8. The van der Waals surface area contributed by atoms with Gasteiger partial charge in [0.25, 0.3) is 0 Å². The first kappa shape index (κ1) is 27.2. The number of hydrogen-bond acceptors (Lipinski definition) is 3. The zero-order valence-corrected chi connectivity index (χ0v) is 26.9. The summed E-state index contributed by atoms with van der Waals surface area (Å²) < 4.78 is 15.2. The van der Waals surface area contributed by atoms with Crippen LogP contribution in [0.1, 0.15) is 0 Å². The van der Waals surface area contributed by atoms with E-state index in [-0.39, 0.29) is 0 Å². The molecule has 4 nitrogen and oxygen atoms in total. The predicted octanol–water partition coefficient (Wildman–Crippen LogP) is 13.2. The number of aromatic nitrogens is 1. The molecule has 8 aromatic carbocycles. The quantitative estimate of drug-likeness (QED) is 0.192. The molecule has 0 aliphatic carbocycles. The molecule has 0 aliphatic rings. The van der Waals surface area contributed by atoms with E-state index in [9.17, 15) is 0 Å². The zero-order chi connectivity index (χ0) is 32.8. The second-order valence-electron chi connectivity index (χ2n) is 12.9. The molecule has 0 N–H and O–H groups in total. The van der Waals surface area contributed by atoms with Gasteiger partial charge in [-0.15, -0.1) is 0 Å². The lowest BCUT2D eigenvalue weighted by molar-refractivity contribution is 0.668. The van der Waals surface area contributed by atoms with Crippen LogP contribution in [0, 0.1) is 0 Å². The van der Waals surface area contributed by atoms with Crippen LogP contribution < -0.4 is 4.90 Å². The number of para-hydroxylation sites is 5. The molecule has 0 fully saturated rings. The third-order valence-corrected chi connectivity index (χ3v) is 10.2. The van der Waals surface area contributed by atoms with Gasteiger partial charge in [-0.05, 0) is 77.5 Å². The van der Waals surface area contributed by atoms with E-state index >= 15 is 0 Å². The van der Waals surface area contributed by atoms with Crippen LogP contribution in [0.4, 0.5) is 17.1 Å². The highest BCUT2D eigenvalue weighted by Gasteiger charge is 2.25. The highest BCUT2D eigenvalue weighted by atomic mass is 16.3. The van der Waals surface area contributed by atoms with Gasteiger partial charge in [0.15, 0.2) is 0 Å². The molecule has 4 heteroatoms. The summed E-state index contributed by atoms with van der Waals surface area (Å²) >= 11 is 0. The third-order valence-electron chi connectivity index (χ3n) is 10.2. The summed E-state index contributed by atoms with van der Waals surface area (Å²) in [5.41, 5.74) is 10.1. The van der Waals surface area contributed by atoms with Gasteiger partial charge in [-0.25, -0.2) is 0 Å². The Kier molecular flexibility index (Phi) is 5.63. The number of furan rings is 2. The minimum absolute atomic E-state index is 0.855. The summed E-state index contributed by atoms with van der Waals surface area (Å²) in [7, 11) is 0. The van der Waals surface area contributed by atoms with Crippen LogP contribution in [0.5, 0.6) is 0 Å². The Bertz CT molecular complexity index is 3110. The maximum Gasteiger partial charge on any atom is 0.137 e. The van der Waals surface area contributed by atoms with Crippen molar-refractivity contribution in [2.75, 3.05) is 4.90 Å². The molecule has 11 rings (SSSR count). The Hall–Kier alpha value is -6.78. The maximum absolute atomic E-state index is 6.46. The fourth-order valence-corrected chi connectivity index (χ4v) is 8.05. The van der Waals surface area contributed by atoms with Crippen molar-refractivity contribution >= 4 is 93.5 Å². The van der Waals surface area contributed by atoms with E-state index in [4.69, 9.17) is 8.83 Å². The Labute approximate surface area is 286 Å². The van der Waals surface area contributed by atoms with Crippen LogP contribution >= 0.6 is 0 Å². The summed E-state index contributed by atoms with van der Waals surface area (Å²) in [6, 6.07) is 60.1. The van der Waals surface area contributed by atoms with Gasteiger partial charge >= 0.3 is 0 Å². The molecule has 0 radical (unpaired) electrons. The van der Waals surface area contributed by atoms with E-state index in [1.807, 2.05) is 24.3 Å². The number of rotatable bonds is 4. The van der Waals surface area contributed by atoms with Crippen molar-refractivity contribution in [1.29, 1.82) is 0 Å². The van der Waals surface area contributed by atoms with Gasteiger partial charge in [0.05, 0.1) is 27.8 Å². The molecule has 0 saturated heterocycles. The molecule has 50 heavy (non-hydrogen) atoms. The van der Waals surface area contributed by atoms with Crippen molar-refractivity contribution in [1.82, 2.24) is 4.57 Å². The van der Waals surface area contributed by atoms with E-state index in [0.717, 1.165) is 88.4 Å². The van der Waals surface area contributed by atoms with Crippen LogP contribution in [0.25, 0.3) is 82.1 Å². The summed E-state index contributed by atoms with van der Waals surface area (Å²) in [5, 5.41) is 9.13. The smallest absolute Gasteiger partial charge is 0.137 e. The van der Waals surface area contributed by atoms with Crippen molar-refractivity contribution in [2.24, 2.45) is 0 Å². The summed E-state index contributed by atoms with van der Waals surface area (Å²) in [6.45, 7) is 0. The van der Waals surface area contributed by atoms with Crippen molar-refractivity contribution in [2.45, 2.75) is 0 Å². The molecule has 0 amide bonds. The van der Waals surface area contributed by atoms with Crippen LogP contribution in [0.3, 0.4) is 0 Å². The standard InChI is InChI=1S/C46H28N2O2/c1-2-12-30(13-3-1)48-37-18-7-4-14-32(37)33-17-10-20-39(46(33)48)47(38-19-11-23-42-45(38)35-16-6-9-22-41(35)49-42)31-26-24-29-25-27-43-44(36(29)28-31)34-15-5-8-21-40(34)50-43/h1-28H. The molecule has 0 saturated carbocycles. The van der Waals surface area contributed by atoms with Gasteiger partial charge in [0.2, 0.25) is 0 Å².